The van der Waals surface area contributed by atoms with Gasteiger partial charge in [0.15, 0.2) is 0 Å². The van der Waals surface area contributed by atoms with Gasteiger partial charge in [-0.1, -0.05) is 18.2 Å². The molecule has 2 heterocycles. The summed E-state index contributed by atoms with van der Waals surface area (Å²) in [4.78, 5) is 17.7. The van der Waals surface area contributed by atoms with Crippen molar-refractivity contribution in [3.63, 3.8) is 0 Å². The van der Waals surface area contributed by atoms with Gasteiger partial charge in [-0.15, -0.1) is 11.3 Å². The molecule has 1 aliphatic heterocycles. The summed E-state index contributed by atoms with van der Waals surface area (Å²) in [7, 11) is 3.76. The van der Waals surface area contributed by atoms with Crippen LogP contribution in [-0.2, 0) is 6.54 Å². The zero-order valence-electron chi connectivity index (χ0n) is 14.1. The quantitative estimate of drug-likeness (QED) is 0.904. The number of ether oxygens (including phenoxy) is 1. The van der Waals surface area contributed by atoms with Gasteiger partial charge in [-0.05, 0) is 18.7 Å². The molecule has 0 bridgehead atoms. The molecule has 2 aromatic rings. The summed E-state index contributed by atoms with van der Waals surface area (Å²) in [5.41, 5.74) is 2.37. The second-order valence-corrected chi connectivity index (χ2v) is 6.86. The van der Waals surface area contributed by atoms with Crippen LogP contribution in [0.3, 0.4) is 0 Å². The van der Waals surface area contributed by atoms with Crippen LogP contribution in [0.2, 0.25) is 0 Å². The number of thiophene rings is 1. The molecule has 128 valence electrons. The molecule has 1 aromatic heterocycles. The largest absolute Gasteiger partial charge is 0.496 e. The fourth-order valence-electron chi connectivity index (χ4n) is 2.82. The lowest BCUT2D eigenvalue weighted by atomic mass is 10.1. The zero-order chi connectivity index (χ0) is 16.9. The summed E-state index contributed by atoms with van der Waals surface area (Å²) in [6, 6.07) is 10.1. The number of hydrogen-bond donors (Lipinski definition) is 1. The molecule has 0 radical (unpaired) electrons. The number of nitrogens with one attached hydrogen (secondary N) is 1. The SMILES string of the molecule is COc1csc(C(=O)NCc2ccccc2N2CCN(C)CC2)c1. The lowest BCUT2D eigenvalue weighted by molar-refractivity contribution is 0.0955. The third-order valence-electron chi connectivity index (χ3n) is 4.31. The van der Waals surface area contributed by atoms with Gasteiger partial charge in [-0.25, -0.2) is 0 Å². The Hall–Kier alpha value is -2.05. The number of carbonyl (C=O) groups excluding carboxylic acids is 1. The maximum Gasteiger partial charge on any atom is 0.261 e. The Morgan fingerprint density at radius 2 is 2.00 bits per heavy atom. The molecule has 1 aromatic carbocycles. The Morgan fingerprint density at radius 1 is 1.25 bits per heavy atom. The topological polar surface area (TPSA) is 44.8 Å². The van der Waals surface area contributed by atoms with Crippen molar-refractivity contribution in [1.29, 1.82) is 0 Å². The van der Waals surface area contributed by atoms with E-state index in [0.717, 1.165) is 37.5 Å². The standard InChI is InChI=1S/C18H23N3O2S/c1-20-7-9-21(10-8-20)16-6-4-3-5-14(16)12-19-18(22)17-11-15(23-2)13-24-17/h3-6,11,13H,7-10,12H2,1-2H3,(H,19,22). The van der Waals surface area contributed by atoms with E-state index < -0.39 is 0 Å². The van der Waals surface area contributed by atoms with Crippen molar-refractivity contribution in [3.8, 4) is 5.75 Å². The number of likely N-dealkylation sites (N-methyl/N-ethyl adjacent to an activating group) is 1. The normalized spacial score (nSPS) is 15.3. The van der Waals surface area contributed by atoms with E-state index in [-0.39, 0.29) is 5.91 Å². The summed E-state index contributed by atoms with van der Waals surface area (Å²) < 4.78 is 5.13. The lowest BCUT2D eigenvalue weighted by Gasteiger charge is -2.35. The first-order chi connectivity index (χ1) is 11.7. The van der Waals surface area contributed by atoms with Crippen LogP contribution >= 0.6 is 11.3 Å². The van der Waals surface area contributed by atoms with Gasteiger partial charge in [0.25, 0.3) is 5.91 Å². The van der Waals surface area contributed by atoms with Crippen LogP contribution < -0.4 is 15.0 Å². The van der Waals surface area contributed by atoms with Gasteiger partial charge in [-0.2, -0.15) is 0 Å². The molecule has 1 aliphatic rings. The Morgan fingerprint density at radius 3 is 2.71 bits per heavy atom. The number of para-hydroxylation sites is 1. The molecule has 0 atom stereocenters. The van der Waals surface area contributed by atoms with Crippen molar-refractivity contribution in [3.05, 3.63) is 46.2 Å². The number of amides is 1. The van der Waals surface area contributed by atoms with Gasteiger partial charge in [0, 0.05) is 49.9 Å². The van der Waals surface area contributed by atoms with Gasteiger partial charge < -0.3 is 19.9 Å². The molecule has 0 unspecified atom stereocenters. The maximum absolute atomic E-state index is 12.3. The van der Waals surface area contributed by atoms with Crippen molar-refractivity contribution < 1.29 is 9.53 Å². The van der Waals surface area contributed by atoms with E-state index in [2.05, 4.69) is 40.4 Å². The highest BCUT2D eigenvalue weighted by atomic mass is 32.1. The molecule has 1 saturated heterocycles. The van der Waals surface area contributed by atoms with E-state index in [1.54, 1.807) is 13.2 Å². The van der Waals surface area contributed by atoms with Crippen LogP contribution in [0.25, 0.3) is 0 Å². The van der Waals surface area contributed by atoms with Crippen molar-refractivity contribution in [2.24, 2.45) is 0 Å². The molecule has 5 nitrogen and oxygen atoms in total. The van der Waals surface area contributed by atoms with Crippen molar-refractivity contribution >= 4 is 22.9 Å². The summed E-state index contributed by atoms with van der Waals surface area (Å²) in [6.45, 7) is 4.69. The molecule has 1 fully saturated rings. The molecule has 6 heteroatoms. The van der Waals surface area contributed by atoms with E-state index in [1.807, 2.05) is 11.4 Å². The van der Waals surface area contributed by atoms with Crippen LogP contribution in [-0.4, -0.2) is 51.1 Å². The monoisotopic (exact) mass is 345 g/mol. The third-order valence-corrected chi connectivity index (χ3v) is 5.22. The molecule has 1 N–H and O–H groups in total. The Balaban J connectivity index is 1.66. The van der Waals surface area contributed by atoms with Crippen LogP contribution in [0.5, 0.6) is 5.75 Å². The smallest absolute Gasteiger partial charge is 0.261 e. The lowest BCUT2D eigenvalue weighted by Crippen LogP contribution is -2.45. The molecule has 0 saturated carbocycles. The second kappa shape index (κ2) is 7.68. The number of methoxy groups -OCH3 is 1. The van der Waals surface area contributed by atoms with E-state index in [1.165, 1.54) is 17.0 Å². The first-order valence-corrected chi connectivity index (χ1v) is 8.97. The number of rotatable bonds is 5. The number of hydrogen-bond acceptors (Lipinski definition) is 5. The van der Waals surface area contributed by atoms with Gasteiger partial charge in [0.2, 0.25) is 0 Å². The van der Waals surface area contributed by atoms with Gasteiger partial charge in [0.05, 0.1) is 12.0 Å². The fourth-order valence-corrected chi connectivity index (χ4v) is 3.59. The average molecular weight is 345 g/mol. The van der Waals surface area contributed by atoms with Gasteiger partial charge >= 0.3 is 0 Å². The van der Waals surface area contributed by atoms with Crippen LogP contribution in [0.1, 0.15) is 15.2 Å². The number of piperazine rings is 1. The summed E-state index contributed by atoms with van der Waals surface area (Å²) in [5.74, 6) is 0.666. The minimum absolute atomic E-state index is 0.0588. The van der Waals surface area contributed by atoms with E-state index in [9.17, 15) is 4.79 Å². The van der Waals surface area contributed by atoms with Crippen LogP contribution in [0.4, 0.5) is 5.69 Å². The number of benzene rings is 1. The fraction of sp³-hybridized carbons (Fsp3) is 0.389. The summed E-state index contributed by atoms with van der Waals surface area (Å²) >= 11 is 1.40. The van der Waals surface area contributed by atoms with E-state index >= 15 is 0 Å². The van der Waals surface area contributed by atoms with Gasteiger partial charge in [0.1, 0.15) is 5.75 Å². The third kappa shape index (κ3) is 3.88. The molecular formula is C18H23N3O2S. The van der Waals surface area contributed by atoms with E-state index in [0.29, 0.717) is 11.4 Å². The number of carbonyl (C=O) groups is 1. The van der Waals surface area contributed by atoms with Gasteiger partial charge in [-0.3, -0.25) is 4.79 Å². The van der Waals surface area contributed by atoms with Crippen LogP contribution in [0, 0.1) is 0 Å². The molecule has 0 spiro atoms. The predicted octanol–water partition coefficient (Wildman–Crippen LogP) is 2.44. The molecule has 24 heavy (non-hydrogen) atoms. The minimum atomic E-state index is -0.0588. The van der Waals surface area contributed by atoms with Crippen molar-refractivity contribution in [2.75, 3.05) is 45.2 Å². The number of nitrogens with zero attached hydrogens (tertiary/aromatic N) is 2. The van der Waals surface area contributed by atoms with Crippen molar-refractivity contribution in [1.82, 2.24) is 10.2 Å². The molecule has 0 aliphatic carbocycles. The first kappa shape index (κ1) is 16.8. The molecular weight excluding hydrogens is 322 g/mol. The molecule has 3 rings (SSSR count). The maximum atomic E-state index is 12.3. The second-order valence-electron chi connectivity index (χ2n) is 5.95. The summed E-state index contributed by atoms with van der Waals surface area (Å²) in [5, 5.41) is 4.86. The van der Waals surface area contributed by atoms with Crippen LogP contribution in [0.15, 0.2) is 35.7 Å². The summed E-state index contributed by atoms with van der Waals surface area (Å²) in [6.07, 6.45) is 0. The first-order valence-electron chi connectivity index (χ1n) is 8.09. The Bertz CT molecular complexity index is 693. The minimum Gasteiger partial charge on any atom is -0.496 e. The Kier molecular flexibility index (Phi) is 5.37. The highest BCUT2D eigenvalue weighted by Gasteiger charge is 2.17. The van der Waals surface area contributed by atoms with Crippen molar-refractivity contribution in [2.45, 2.75) is 6.54 Å². The zero-order valence-corrected chi connectivity index (χ0v) is 14.9. The highest BCUT2D eigenvalue weighted by molar-refractivity contribution is 7.12. The van der Waals surface area contributed by atoms with E-state index in [4.69, 9.17) is 4.74 Å². The average Bonchev–Trinajstić information content (AvgIpc) is 3.10. The predicted molar refractivity (Wildman–Crippen MR) is 98.2 cm³/mol. The molecule has 1 amide bonds. The highest BCUT2D eigenvalue weighted by Crippen LogP contribution is 2.23. The Labute approximate surface area is 146 Å². The number of anilines is 1.